The summed E-state index contributed by atoms with van der Waals surface area (Å²) in [5, 5.41) is 5.04. The molecule has 0 bridgehead atoms. The number of nitrogens with zero attached hydrogens (tertiary/aromatic N) is 1. The van der Waals surface area contributed by atoms with Gasteiger partial charge >= 0.3 is 0 Å². The normalized spacial score (nSPS) is 11.8. The second-order valence-electron chi connectivity index (χ2n) is 4.47. The maximum atomic E-state index is 5.96. The Hall–Kier alpha value is -0.700. The maximum absolute atomic E-state index is 5.96. The van der Waals surface area contributed by atoms with Crippen LogP contribution in [0.5, 0.6) is 0 Å². The fraction of sp³-hybridized carbons (Fsp3) is 0.308. The molecular formula is C13H13Cl3N2. The molecule has 96 valence electrons. The minimum absolute atomic E-state index is 0.350. The quantitative estimate of drug-likeness (QED) is 0.839. The molecule has 0 radical (unpaired) electrons. The molecule has 2 rings (SSSR count). The summed E-state index contributed by atoms with van der Waals surface area (Å²) in [6, 6.07) is 7.53. The predicted octanol–water partition coefficient (Wildman–Crippen LogP) is 4.54. The largest absolute Gasteiger partial charge is 0.377 e. The summed E-state index contributed by atoms with van der Waals surface area (Å²) < 4.78 is 0. The Morgan fingerprint density at radius 2 is 1.94 bits per heavy atom. The Morgan fingerprint density at radius 3 is 2.61 bits per heavy atom. The first-order valence-corrected chi connectivity index (χ1v) is 6.97. The van der Waals surface area contributed by atoms with Crippen molar-refractivity contribution in [1.82, 2.24) is 4.98 Å². The number of benzene rings is 1. The van der Waals surface area contributed by atoms with Crippen molar-refractivity contribution in [3.8, 4) is 0 Å². The Morgan fingerprint density at radius 1 is 1.22 bits per heavy atom. The summed E-state index contributed by atoms with van der Waals surface area (Å²) in [5.74, 6) is 0.849. The molecule has 1 N–H and O–H groups in total. The van der Waals surface area contributed by atoms with Gasteiger partial charge in [0.25, 0.3) is 0 Å². The van der Waals surface area contributed by atoms with Gasteiger partial charge in [0.15, 0.2) is 0 Å². The SMILES string of the molecule is CC(CCl)(CCl)Nc1ccnc2cc(Cl)ccc12. The van der Waals surface area contributed by atoms with E-state index in [0.717, 1.165) is 16.6 Å². The van der Waals surface area contributed by atoms with Gasteiger partial charge in [-0.15, -0.1) is 23.2 Å². The van der Waals surface area contributed by atoms with Crippen LogP contribution in [0.25, 0.3) is 10.9 Å². The molecule has 0 spiro atoms. The van der Waals surface area contributed by atoms with E-state index in [9.17, 15) is 0 Å². The minimum atomic E-state index is -0.350. The zero-order valence-electron chi connectivity index (χ0n) is 9.88. The van der Waals surface area contributed by atoms with E-state index in [-0.39, 0.29) is 5.54 Å². The highest BCUT2D eigenvalue weighted by Gasteiger charge is 2.22. The lowest BCUT2D eigenvalue weighted by Gasteiger charge is -2.27. The predicted molar refractivity (Wildman–Crippen MR) is 80.2 cm³/mol. The first kappa shape index (κ1) is 13.7. The summed E-state index contributed by atoms with van der Waals surface area (Å²) in [5.41, 5.74) is 1.45. The van der Waals surface area contributed by atoms with Crippen molar-refractivity contribution in [3.63, 3.8) is 0 Å². The molecular weight excluding hydrogens is 291 g/mol. The van der Waals surface area contributed by atoms with Gasteiger partial charge < -0.3 is 5.32 Å². The van der Waals surface area contributed by atoms with Crippen LogP contribution in [0.3, 0.4) is 0 Å². The molecule has 0 fully saturated rings. The van der Waals surface area contributed by atoms with Crippen molar-refractivity contribution < 1.29 is 0 Å². The van der Waals surface area contributed by atoms with Crippen LogP contribution < -0.4 is 5.32 Å². The fourth-order valence-corrected chi connectivity index (χ4v) is 2.24. The van der Waals surface area contributed by atoms with Crippen LogP contribution in [-0.2, 0) is 0 Å². The zero-order chi connectivity index (χ0) is 13.2. The van der Waals surface area contributed by atoms with Gasteiger partial charge in [0.1, 0.15) is 0 Å². The van der Waals surface area contributed by atoms with E-state index in [1.165, 1.54) is 0 Å². The van der Waals surface area contributed by atoms with Crippen molar-refractivity contribution in [2.24, 2.45) is 0 Å². The van der Waals surface area contributed by atoms with Crippen molar-refractivity contribution in [3.05, 3.63) is 35.5 Å². The maximum Gasteiger partial charge on any atom is 0.0737 e. The van der Waals surface area contributed by atoms with Crippen molar-refractivity contribution >= 4 is 51.4 Å². The molecule has 0 saturated carbocycles. The molecule has 0 saturated heterocycles. The molecule has 1 aromatic carbocycles. The lowest BCUT2D eigenvalue weighted by atomic mass is 10.1. The molecule has 0 aliphatic carbocycles. The molecule has 5 heteroatoms. The Labute approximate surface area is 121 Å². The minimum Gasteiger partial charge on any atom is -0.377 e. The van der Waals surface area contributed by atoms with E-state index in [0.29, 0.717) is 16.8 Å². The van der Waals surface area contributed by atoms with Crippen LogP contribution in [0.15, 0.2) is 30.5 Å². The molecule has 0 atom stereocenters. The van der Waals surface area contributed by atoms with Gasteiger partial charge in [0.05, 0.1) is 11.1 Å². The summed E-state index contributed by atoms with van der Waals surface area (Å²) in [6.07, 6.45) is 1.74. The Kier molecular flexibility index (Phi) is 4.21. The zero-order valence-corrected chi connectivity index (χ0v) is 12.1. The highest BCUT2D eigenvalue weighted by molar-refractivity contribution is 6.31. The number of fused-ring (bicyclic) bond motifs is 1. The Balaban J connectivity index is 2.45. The molecule has 18 heavy (non-hydrogen) atoms. The second kappa shape index (κ2) is 5.52. The van der Waals surface area contributed by atoms with Crippen LogP contribution in [-0.4, -0.2) is 22.3 Å². The molecule has 0 unspecified atom stereocenters. The third-order valence-electron chi connectivity index (χ3n) is 2.73. The number of anilines is 1. The van der Waals surface area contributed by atoms with Crippen LogP contribution in [0.4, 0.5) is 5.69 Å². The molecule has 1 aromatic heterocycles. The van der Waals surface area contributed by atoms with Gasteiger partial charge in [-0.2, -0.15) is 0 Å². The van der Waals surface area contributed by atoms with E-state index < -0.39 is 0 Å². The summed E-state index contributed by atoms with van der Waals surface area (Å²) in [4.78, 5) is 4.29. The highest BCUT2D eigenvalue weighted by atomic mass is 35.5. The van der Waals surface area contributed by atoms with Gasteiger partial charge in [0.2, 0.25) is 0 Å². The number of rotatable bonds is 4. The number of hydrogen-bond donors (Lipinski definition) is 1. The van der Waals surface area contributed by atoms with Crippen LogP contribution in [0.1, 0.15) is 6.92 Å². The monoisotopic (exact) mass is 302 g/mol. The molecule has 1 heterocycles. The average Bonchev–Trinajstić information content (AvgIpc) is 2.38. The molecule has 0 amide bonds. The van der Waals surface area contributed by atoms with E-state index in [1.54, 1.807) is 6.20 Å². The number of halogens is 3. The smallest absolute Gasteiger partial charge is 0.0737 e. The number of hydrogen-bond acceptors (Lipinski definition) is 2. The second-order valence-corrected chi connectivity index (χ2v) is 5.44. The van der Waals surface area contributed by atoms with Gasteiger partial charge in [-0.1, -0.05) is 11.6 Å². The molecule has 0 aliphatic rings. The molecule has 2 nitrogen and oxygen atoms in total. The van der Waals surface area contributed by atoms with E-state index in [1.807, 2.05) is 31.2 Å². The lowest BCUT2D eigenvalue weighted by molar-refractivity contribution is 0.650. The van der Waals surface area contributed by atoms with Gasteiger partial charge in [0, 0.05) is 34.1 Å². The third-order valence-corrected chi connectivity index (χ3v) is 4.15. The number of alkyl halides is 2. The molecule has 0 aliphatic heterocycles. The summed E-state index contributed by atoms with van der Waals surface area (Å²) in [7, 11) is 0. The average molecular weight is 304 g/mol. The van der Waals surface area contributed by atoms with Crippen molar-refractivity contribution in [1.29, 1.82) is 0 Å². The lowest BCUT2D eigenvalue weighted by Crippen LogP contribution is -2.38. The summed E-state index contributed by atoms with van der Waals surface area (Å²) in [6.45, 7) is 1.98. The van der Waals surface area contributed by atoms with Crippen LogP contribution >= 0.6 is 34.8 Å². The van der Waals surface area contributed by atoms with Crippen LogP contribution in [0, 0.1) is 0 Å². The number of nitrogens with one attached hydrogen (secondary N) is 1. The molecule has 2 aromatic rings. The van der Waals surface area contributed by atoms with Gasteiger partial charge in [-0.3, -0.25) is 4.98 Å². The van der Waals surface area contributed by atoms with E-state index in [2.05, 4.69) is 10.3 Å². The highest BCUT2D eigenvalue weighted by Crippen LogP contribution is 2.27. The standard InChI is InChI=1S/C13H13Cl3N2/c1-13(7-14,8-15)18-11-4-5-17-12-6-9(16)2-3-10(11)12/h2-6H,7-8H2,1H3,(H,17,18). The first-order valence-electron chi connectivity index (χ1n) is 5.52. The number of aromatic nitrogens is 1. The van der Waals surface area contributed by atoms with E-state index in [4.69, 9.17) is 34.8 Å². The summed E-state index contributed by atoms with van der Waals surface area (Å²) >= 11 is 17.9. The number of pyridine rings is 1. The fourth-order valence-electron chi connectivity index (χ4n) is 1.66. The first-order chi connectivity index (χ1) is 8.58. The van der Waals surface area contributed by atoms with E-state index >= 15 is 0 Å². The van der Waals surface area contributed by atoms with Gasteiger partial charge in [-0.25, -0.2) is 0 Å². The van der Waals surface area contributed by atoms with Crippen molar-refractivity contribution in [2.75, 3.05) is 17.1 Å². The van der Waals surface area contributed by atoms with Crippen LogP contribution in [0.2, 0.25) is 5.02 Å². The topological polar surface area (TPSA) is 24.9 Å². The van der Waals surface area contributed by atoms with Crippen molar-refractivity contribution in [2.45, 2.75) is 12.5 Å². The Bertz CT molecular complexity index is 553. The third kappa shape index (κ3) is 2.82. The van der Waals surface area contributed by atoms with Gasteiger partial charge in [-0.05, 0) is 31.2 Å².